The fourth-order valence-corrected chi connectivity index (χ4v) is 2.29. The summed E-state index contributed by atoms with van der Waals surface area (Å²) in [4.78, 5) is 4.29. The normalized spacial score (nSPS) is 12.5. The maximum Gasteiger partial charge on any atom is 0.128 e. The van der Waals surface area contributed by atoms with Gasteiger partial charge in [-0.1, -0.05) is 36.4 Å². The molecule has 0 saturated heterocycles. The Morgan fingerprint density at radius 3 is 2.53 bits per heavy atom. The molecule has 0 fully saturated rings. The van der Waals surface area contributed by atoms with Crippen LogP contribution in [0.5, 0.6) is 0 Å². The summed E-state index contributed by atoms with van der Waals surface area (Å²) in [6.07, 6.45) is 1.74. The first kappa shape index (κ1) is 11.8. The van der Waals surface area contributed by atoms with E-state index in [0.717, 1.165) is 16.5 Å². The topological polar surface area (TPSA) is 38.9 Å². The molecule has 0 amide bonds. The van der Waals surface area contributed by atoms with Gasteiger partial charge in [-0.15, -0.1) is 0 Å². The maximum atomic E-state index is 13.8. The molecule has 0 aliphatic carbocycles. The van der Waals surface area contributed by atoms with E-state index in [9.17, 15) is 4.39 Å². The lowest BCUT2D eigenvalue weighted by Crippen LogP contribution is -2.14. The predicted molar refractivity (Wildman–Crippen MR) is 74.2 cm³/mol. The van der Waals surface area contributed by atoms with Gasteiger partial charge in [-0.25, -0.2) is 4.39 Å². The number of pyridine rings is 1. The van der Waals surface area contributed by atoms with Crippen molar-refractivity contribution >= 4 is 10.9 Å². The molecule has 94 valence electrons. The van der Waals surface area contributed by atoms with Gasteiger partial charge < -0.3 is 5.73 Å². The van der Waals surface area contributed by atoms with Gasteiger partial charge in [0.25, 0.3) is 0 Å². The van der Waals surface area contributed by atoms with Gasteiger partial charge in [-0.05, 0) is 23.8 Å². The summed E-state index contributed by atoms with van der Waals surface area (Å²) < 4.78 is 13.8. The molecule has 3 aromatic rings. The third-order valence-electron chi connectivity index (χ3n) is 3.25. The van der Waals surface area contributed by atoms with Crippen LogP contribution >= 0.6 is 0 Å². The van der Waals surface area contributed by atoms with Gasteiger partial charge in [0.05, 0.1) is 11.6 Å². The molecule has 19 heavy (non-hydrogen) atoms. The Labute approximate surface area is 110 Å². The summed E-state index contributed by atoms with van der Waals surface area (Å²) in [6.45, 7) is 0. The molecule has 1 heterocycles. The van der Waals surface area contributed by atoms with Crippen molar-refractivity contribution in [3.05, 3.63) is 77.7 Å². The average molecular weight is 252 g/mol. The van der Waals surface area contributed by atoms with Crippen LogP contribution in [0.25, 0.3) is 10.9 Å². The molecule has 0 aliphatic rings. The summed E-state index contributed by atoms with van der Waals surface area (Å²) >= 11 is 0. The number of nitrogens with zero attached hydrogens (tertiary/aromatic N) is 1. The second-order valence-electron chi connectivity index (χ2n) is 4.42. The minimum Gasteiger partial charge on any atom is -0.320 e. The predicted octanol–water partition coefficient (Wildman–Crippen LogP) is 3.42. The molecule has 0 bridgehead atoms. The fraction of sp³-hybridized carbons (Fsp3) is 0.0625. The molecule has 0 radical (unpaired) electrons. The Bertz CT molecular complexity index is 719. The summed E-state index contributed by atoms with van der Waals surface area (Å²) in [5.41, 5.74) is 8.47. The molecule has 1 aromatic heterocycles. The molecule has 3 heteroatoms. The maximum absolute atomic E-state index is 13.8. The Kier molecular flexibility index (Phi) is 2.97. The van der Waals surface area contributed by atoms with Crippen LogP contribution in [0.4, 0.5) is 4.39 Å². The molecule has 2 aromatic carbocycles. The summed E-state index contributed by atoms with van der Waals surface area (Å²) in [7, 11) is 0. The van der Waals surface area contributed by atoms with Gasteiger partial charge in [-0.3, -0.25) is 4.98 Å². The Morgan fingerprint density at radius 2 is 1.68 bits per heavy atom. The van der Waals surface area contributed by atoms with E-state index in [1.165, 1.54) is 6.07 Å². The largest absolute Gasteiger partial charge is 0.320 e. The number of hydrogen-bond donors (Lipinski definition) is 1. The number of benzene rings is 2. The Morgan fingerprint density at radius 1 is 0.895 bits per heavy atom. The van der Waals surface area contributed by atoms with Crippen LogP contribution in [-0.2, 0) is 0 Å². The quantitative estimate of drug-likeness (QED) is 0.759. The van der Waals surface area contributed by atoms with Crippen molar-refractivity contribution in [2.24, 2.45) is 5.73 Å². The van der Waals surface area contributed by atoms with E-state index < -0.39 is 6.04 Å². The molecule has 1 unspecified atom stereocenters. The lowest BCUT2D eigenvalue weighted by molar-refractivity contribution is 0.600. The van der Waals surface area contributed by atoms with Crippen LogP contribution in [0.2, 0.25) is 0 Å². The van der Waals surface area contributed by atoms with Crippen LogP contribution in [0.15, 0.2) is 60.8 Å². The molecule has 1 atom stereocenters. The van der Waals surface area contributed by atoms with E-state index in [1.54, 1.807) is 24.4 Å². The van der Waals surface area contributed by atoms with E-state index in [1.807, 2.05) is 30.3 Å². The molecule has 2 nitrogen and oxygen atoms in total. The minimum absolute atomic E-state index is 0.282. The van der Waals surface area contributed by atoms with E-state index in [2.05, 4.69) is 4.98 Å². The summed E-state index contributed by atoms with van der Waals surface area (Å²) in [6, 6.07) is 15.7. The summed E-state index contributed by atoms with van der Waals surface area (Å²) in [5.74, 6) is -0.282. The van der Waals surface area contributed by atoms with Gasteiger partial charge in [0, 0.05) is 17.1 Å². The number of fused-ring (bicyclic) bond motifs is 1. The first-order chi connectivity index (χ1) is 9.27. The lowest BCUT2D eigenvalue weighted by atomic mass is 9.95. The van der Waals surface area contributed by atoms with Crippen molar-refractivity contribution in [2.45, 2.75) is 6.04 Å². The van der Waals surface area contributed by atoms with Crippen LogP contribution < -0.4 is 5.73 Å². The van der Waals surface area contributed by atoms with Gasteiger partial charge in [0.15, 0.2) is 0 Å². The van der Waals surface area contributed by atoms with Gasteiger partial charge in [0.2, 0.25) is 0 Å². The number of nitrogens with two attached hydrogens (primary N) is 1. The number of rotatable bonds is 2. The van der Waals surface area contributed by atoms with Gasteiger partial charge in [0.1, 0.15) is 5.82 Å². The van der Waals surface area contributed by atoms with Crippen molar-refractivity contribution in [2.75, 3.05) is 0 Å². The zero-order valence-electron chi connectivity index (χ0n) is 10.3. The highest BCUT2D eigenvalue weighted by Crippen LogP contribution is 2.27. The van der Waals surface area contributed by atoms with Crippen LogP contribution in [0, 0.1) is 5.82 Å². The SMILES string of the molecule is NC(c1ccccc1F)c1cccc2ncccc12. The highest BCUT2D eigenvalue weighted by molar-refractivity contribution is 5.82. The highest BCUT2D eigenvalue weighted by Gasteiger charge is 2.15. The zero-order chi connectivity index (χ0) is 13.2. The molecule has 0 spiro atoms. The third kappa shape index (κ3) is 2.09. The number of halogens is 1. The van der Waals surface area contributed by atoms with Crippen molar-refractivity contribution < 1.29 is 4.39 Å². The molecular weight excluding hydrogens is 239 g/mol. The van der Waals surface area contributed by atoms with Crippen LogP contribution in [0.1, 0.15) is 17.2 Å². The first-order valence-corrected chi connectivity index (χ1v) is 6.11. The van der Waals surface area contributed by atoms with Crippen molar-refractivity contribution in [1.29, 1.82) is 0 Å². The summed E-state index contributed by atoms with van der Waals surface area (Å²) in [5, 5.41) is 0.959. The monoisotopic (exact) mass is 252 g/mol. The fourth-order valence-electron chi connectivity index (χ4n) is 2.29. The molecule has 0 aliphatic heterocycles. The molecule has 3 rings (SSSR count). The van der Waals surface area contributed by atoms with E-state index in [0.29, 0.717) is 5.56 Å². The number of hydrogen-bond acceptors (Lipinski definition) is 2. The number of aromatic nitrogens is 1. The Balaban J connectivity index is 2.17. The first-order valence-electron chi connectivity index (χ1n) is 6.11. The Hall–Kier alpha value is -2.26. The van der Waals surface area contributed by atoms with Gasteiger partial charge in [-0.2, -0.15) is 0 Å². The lowest BCUT2D eigenvalue weighted by Gasteiger charge is -2.15. The van der Waals surface area contributed by atoms with Crippen molar-refractivity contribution in [3.63, 3.8) is 0 Å². The smallest absolute Gasteiger partial charge is 0.128 e. The van der Waals surface area contributed by atoms with E-state index in [4.69, 9.17) is 5.73 Å². The van der Waals surface area contributed by atoms with Crippen LogP contribution in [0.3, 0.4) is 0 Å². The highest BCUT2D eigenvalue weighted by atomic mass is 19.1. The van der Waals surface area contributed by atoms with Gasteiger partial charge >= 0.3 is 0 Å². The van der Waals surface area contributed by atoms with Crippen molar-refractivity contribution in [1.82, 2.24) is 4.98 Å². The van der Waals surface area contributed by atoms with E-state index >= 15 is 0 Å². The minimum atomic E-state index is -0.492. The standard InChI is InChI=1S/C16H13FN2/c17-14-8-2-1-5-13(14)16(18)12-6-3-9-15-11(12)7-4-10-19-15/h1-10,16H,18H2. The average Bonchev–Trinajstić information content (AvgIpc) is 2.46. The van der Waals surface area contributed by atoms with Crippen molar-refractivity contribution in [3.8, 4) is 0 Å². The second kappa shape index (κ2) is 4.78. The zero-order valence-corrected chi connectivity index (χ0v) is 10.3. The van der Waals surface area contributed by atoms with E-state index in [-0.39, 0.29) is 5.82 Å². The molecule has 0 saturated carbocycles. The van der Waals surface area contributed by atoms with Crippen LogP contribution in [-0.4, -0.2) is 4.98 Å². The molecular formula is C16H13FN2. The third-order valence-corrected chi connectivity index (χ3v) is 3.25. The second-order valence-corrected chi connectivity index (χ2v) is 4.42. The molecule has 2 N–H and O–H groups in total.